The summed E-state index contributed by atoms with van der Waals surface area (Å²) in [4.78, 5) is 0. The second-order valence-electron chi connectivity index (χ2n) is 14.8. The van der Waals surface area contributed by atoms with Crippen LogP contribution in [-0.4, -0.2) is 21.9 Å². The largest absolute Gasteiger partial charge is 0.393 e. The molecule has 0 aromatic carbocycles. The van der Waals surface area contributed by atoms with Gasteiger partial charge in [0.25, 0.3) is 0 Å². The van der Waals surface area contributed by atoms with E-state index in [0.717, 1.165) is 30.6 Å². The van der Waals surface area contributed by atoms with Gasteiger partial charge in [0, 0.05) is 0 Å². The summed E-state index contributed by atoms with van der Waals surface area (Å²) in [5.41, 5.74) is 1.44. The summed E-state index contributed by atoms with van der Waals surface area (Å²) in [7, 11) is 0. The molecule has 0 amide bonds. The predicted octanol–water partition coefficient (Wildman–Crippen LogP) is 7.14. The number of aliphatic hydroxyl groups is 2. The number of fused-ring (bicyclic) bond motifs is 2. The van der Waals surface area contributed by atoms with E-state index in [4.69, 9.17) is 0 Å². The summed E-state index contributed by atoms with van der Waals surface area (Å²) >= 11 is 0. The first-order chi connectivity index (χ1) is 14.7. The molecule has 182 valence electrons. The molecule has 9 atom stereocenters. The summed E-state index contributed by atoms with van der Waals surface area (Å²) in [6.45, 7) is 16.3. The van der Waals surface area contributed by atoms with Crippen molar-refractivity contribution < 1.29 is 10.2 Å². The molecule has 5 rings (SSSR count). The Bertz CT molecular complexity index is 791. The van der Waals surface area contributed by atoms with Gasteiger partial charge in [0.05, 0.1) is 11.7 Å². The Labute approximate surface area is 197 Å². The molecule has 0 aromatic rings. The second-order valence-corrected chi connectivity index (χ2v) is 14.8. The maximum atomic E-state index is 10.8. The summed E-state index contributed by atoms with van der Waals surface area (Å²) < 4.78 is 0. The van der Waals surface area contributed by atoms with Crippen LogP contribution in [-0.2, 0) is 0 Å². The molecular weight excluding hydrogens is 392 g/mol. The Morgan fingerprint density at radius 3 is 2.22 bits per heavy atom. The van der Waals surface area contributed by atoms with Crippen molar-refractivity contribution in [3.05, 3.63) is 12.2 Å². The molecule has 0 heterocycles. The fourth-order valence-electron chi connectivity index (χ4n) is 11.0. The molecule has 5 aliphatic carbocycles. The smallest absolute Gasteiger partial charge is 0.0771 e. The van der Waals surface area contributed by atoms with E-state index in [9.17, 15) is 10.2 Å². The van der Waals surface area contributed by atoms with Crippen LogP contribution in [0.15, 0.2) is 12.2 Å². The topological polar surface area (TPSA) is 40.5 Å². The van der Waals surface area contributed by atoms with Crippen molar-refractivity contribution in [1.29, 1.82) is 0 Å². The zero-order valence-corrected chi connectivity index (χ0v) is 22.0. The second kappa shape index (κ2) is 6.87. The van der Waals surface area contributed by atoms with Crippen molar-refractivity contribution in [2.45, 2.75) is 124 Å². The van der Waals surface area contributed by atoms with Gasteiger partial charge in [-0.2, -0.15) is 0 Å². The highest BCUT2D eigenvalue weighted by Crippen LogP contribution is 2.89. The fourth-order valence-corrected chi connectivity index (χ4v) is 11.0. The van der Waals surface area contributed by atoms with Gasteiger partial charge in [0.15, 0.2) is 0 Å². The van der Waals surface area contributed by atoms with Crippen molar-refractivity contribution >= 4 is 0 Å². The van der Waals surface area contributed by atoms with E-state index in [1.165, 1.54) is 51.4 Å². The summed E-state index contributed by atoms with van der Waals surface area (Å²) in [6.07, 6.45) is 17.4. The number of allylic oxidation sites excluding steroid dienone is 1. The van der Waals surface area contributed by atoms with Gasteiger partial charge in [-0.3, -0.25) is 0 Å². The molecule has 1 unspecified atom stereocenters. The van der Waals surface area contributed by atoms with Crippen LogP contribution in [0, 0.1) is 50.7 Å². The monoisotopic (exact) mass is 442 g/mol. The third-order valence-corrected chi connectivity index (χ3v) is 12.9. The van der Waals surface area contributed by atoms with E-state index < -0.39 is 5.60 Å². The van der Waals surface area contributed by atoms with Gasteiger partial charge in [0.2, 0.25) is 0 Å². The summed E-state index contributed by atoms with van der Waals surface area (Å²) in [5, 5.41) is 20.9. The first-order valence-electron chi connectivity index (χ1n) is 13.8. The molecule has 5 saturated carbocycles. The van der Waals surface area contributed by atoms with Crippen molar-refractivity contribution in [1.82, 2.24) is 0 Å². The maximum Gasteiger partial charge on any atom is 0.0771 e. The fraction of sp³-hybridized carbons (Fsp3) is 0.933. The van der Waals surface area contributed by atoms with Gasteiger partial charge in [-0.25, -0.2) is 0 Å². The van der Waals surface area contributed by atoms with Crippen LogP contribution in [0.5, 0.6) is 0 Å². The van der Waals surface area contributed by atoms with Crippen LogP contribution in [0.25, 0.3) is 0 Å². The van der Waals surface area contributed by atoms with Crippen LogP contribution in [0.4, 0.5) is 0 Å². The molecule has 2 heteroatoms. The lowest BCUT2D eigenvalue weighted by atomic mass is 9.42. The van der Waals surface area contributed by atoms with Crippen molar-refractivity contribution in [3.8, 4) is 0 Å². The third kappa shape index (κ3) is 2.84. The lowest BCUT2D eigenvalue weighted by Gasteiger charge is -2.63. The van der Waals surface area contributed by atoms with Crippen molar-refractivity contribution in [2.75, 3.05) is 0 Å². The lowest BCUT2D eigenvalue weighted by Crippen LogP contribution is -2.57. The number of aliphatic hydroxyl groups excluding tert-OH is 1. The molecule has 2 spiro atoms. The van der Waals surface area contributed by atoms with Crippen LogP contribution in [0.2, 0.25) is 0 Å². The first kappa shape index (κ1) is 23.4. The average molecular weight is 443 g/mol. The standard InChI is InChI=1S/C30H50O2/c1-20(9-8-14-25(2,3)32)21-12-15-28(7)23-11-10-22-26(4,5)24(31)13-16-29(22)19-30(23,29)18-17-27(21,28)6/h8,14,20-24,31-32H,9-13,15-19H2,1-7H3/b14-8+/t20-,21-,22-,23+,24?,27-,28+,29-,30+/m1/s1. The highest BCUT2D eigenvalue weighted by Gasteiger charge is 2.82. The van der Waals surface area contributed by atoms with E-state index in [0.29, 0.717) is 27.6 Å². The molecule has 2 N–H and O–H groups in total. The summed E-state index contributed by atoms with van der Waals surface area (Å²) in [6, 6.07) is 0. The zero-order valence-electron chi connectivity index (χ0n) is 22.0. The molecular formula is C30H50O2. The highest BCUT2D eigenvalue weighted by atomic mass is 16.3. The summed E-state index contributed by atoms with van der Waals surface area (Å²) in [5.74, 6) is 3.10. The van der Waals surface area contributed by atoms with Crippen LogP contribution in [0.1, 0.15) is 113 Å². The Morgan fingerprint density at radius 1 is 0.875 bits per heavy atom. The van der Waals surface area contributed by atoms with Gasteiger partial charge in [-0.05, 0) is 129 Å². The van der Waals surface area contributed by atoms with E-state index in [2.05, 4.69) is 40.7 Å². The molecule has 32 heavy (non-hydrogen) atoms. The van der Waals surface area contributed by atoms with E-state index in [1.807, 2.05) is 19.9 Å². The maximum absolute atomic E-state index is 10.8. The van der Waals surface area contributed by atoms with Gasteiger partial charge < -0.3 is 10.2 Å². The van der Waals surface area contributed by atoms with E-state index >= 15 is 0 Å². The van der Waals surface area contributed by atoms with E-state index in [-0.39, 0.29) is 11.5 Å². The molecule has 0 saturated heterocycles. The minimum Gasteiger partial charge on any atom is -0.393 e. The molecule has 0 radical (unpaired) electrons. The average Bonchev–Trinajstić information content (AvgIpc) is 3.27. The van der Waals surface area contributed by atoms with Gasteiger partial charge in [-0.15, -0.1) is 0 Å². The first-order valence-corrected chi connectivity index (χ1v) is 13.8. The molecule has 0 aromatic heterocycles. The van der Waals surface area contributed by atoms with Crippen molar-refractivity contribution in [2.24, 2.45) is 50.7 Å². The number of rotatable bonds is 4. The van der Waals surface area contributed by atoms with Crippen LogP contribution >= 0.6 is 0 Å². The number of hydrogen-bond acceptors (Lipinski definition) is 2. The van der Waals surface area contributed by atoms with Gasteiger partial charge in [0.1, 0.15) is 0 Å². The van der Waals surface area contributed by atoms with E-state index in [1.54, 1.807) is 0 Å². The Kier molecular flexibility index (Phi) is 5.02. The van der Waals surface area contributed by atoms with Gasteiger partial charge >= 0.3 is 0 Å². The minimum absolute atomic E-state index is 0.0912. The van der Waals surface area contributed by atoms with Crippen LogP contribution in [0.3, 0.4) is 0 Å². The zero-order chi connectivity index (χ0) is 23.4. The normalized spacial score (nSPS) is 52.7. The molecule has 0 aliphatic heterocycles. The van der Waals surface area contributed by atoms with Gasteiger partial charge in [-0.1, -0.05) is 46.8 Å². The molecule has 5 fully saturated rings. The minimum atomic E-state index is -0.703. The third-order valence-electron chi connectivity index (χ3n) is 12.9. The Morgan fingerprint density at radius 2 is 1.53 bits per heavy atom. The predicted molar refractivity (Wildman–Crippen MR) is 132 cm³/mol. The van der Waals surface area contributed by atoms with Crippen LogP contribution < -0.4 is 0 Å². The molecule has 0 bridgehead atoms. The lowest BCUT2D eigenvalue weighted by molar-refractivity contribution is -0.161. The van der Waals surface area contributed by atoms with Crippen molar-refractivity contribution in [3.63, 3.8) is 0 Å². The molecule has 2 nitrogen and oxygen atoms in total. The Hall–Kier alpha value is -0.340. The number of hydrogen-bond donors (Lipinski definition) is 2. The Balaban J connectivity index is 1.40. The quantitative estimate of drug-likeness (QED) is 0.454. The molecule has 5 aliphatic rings. The highest BCUT2D eigenvalue weighted by molar-refractivity contribution is 5.30. The SMILES string of the molecule is C[C@H](C/C=C/C(C)(C)O)[C@H]1CC[C@@]2(C)[C@@H]3CC[C@@H]4C(C)(C)C(O)CC[C@@]45C[C@@]35CC[C@]12C.